The molecule has 0 unspecified atom stereocenters. The fraction of sp³-hybridized carbons (Fsp3) is 0.462. The van der Waals surface area contributed by atoms with E-state index in [-0.39, 0.29) is 0 Å². The number of halogens is 2. The number of morpholine rings is 1. The summed E-state index contributed by atoms with van der Waals surface area (Å²) >= 11 is 17.0. The highest BCUT2D eigenvalue weighted by atomic mass is 35.5. The molecular weight excluding hydrogens is 331 g/mol. The molecular formula is C13H18Cl2N4OS. The van der Waals surface area contributed by atoms with Crippen molar-refractivity contribution in [2.75, 3.05) is 44.8 Å². The molecule has 1 heterocycles. The second-order valence-corrected chi connectivity index (χ2v) is 5.81. The number of benzene rings is 1. The van der Waals surface area contributed by atoms with Gasteiger partial charge in [0.1, 0.15) is 0 Å². The molecule has 8 heteroatoms. The van der Waals surface area contributed by atoms with Crippen molar-refractivity contribution in [3.05, 3.63) is 28.2 Å². The van der Waals surface area contributed by atoms with E-state index in [9.17, 15) is 0 Å². The van der Waals surface area contributed by atoms with Crippen LogP contribution in [0.3, 0.4) is 0 Å². The Bertz CT molecular complexity index is 483. The van der Waals surface area contributed by atoms with Crippen molar-refractivity contribution >= 4 is 46.2 Å². The molecule has 0 spiro atoms. The zero-order valence-corrected chi connectivity index (χ0v) is 13.8. The number of ether oxygens (including phenoxy) is 1. The van der Waals surface area contributed by atoms with Crippen LogP contribution in [-0.4, -0.2) is 49.4 Å². The molecule has 1 aliphatic rings. The Kier molecular flexibility index (Phi) is 6.79. The quantitative estimate of drug-likeness (QED) is 0.559. The Morgan fingerprint density at radius 3 is 2.71 bits per heavy atom. The Morgan fingerprint density at radius 2 is 2.00 bits per heavy atom. The van der Waals surface area contributed by atoms with Crippen molar-refractivity contribution < 1.29 is 4.74 Å². The van der Waals surface area contributed by atoms with Crippen LogP contribution in [0.2, 0.25) is 10.0 Å². The lowest BCUT2D eigenvalue weighted by atomic mass is 10.3. The fourth-order valence-electron chi connectivity index (χ4n) is 1.90. The Morgan fingerprint density at radius 1 is 1.24 bits per heavy atom. The molecule has 0 radical (unpaired) electrons. The number of hydrogen-bond donors (Lipinski definition) is 3. The zero-order valence-electron chi connectivity index (χ0n) is 11.5. The van der Waals surface area contributed by atoms with Gasteiger partial charge in [0.2, 0.25) is 0 Å². The maximum Gasteiger partial charge on any atom is 0.185 e. The van der Waals surface area contributed by atoms with Crippen LogP contribution in [0.25, 0.3) is 0 Å². The number of nitrogens with one attached hydrogen (secondary N) is 3. The molecule has 1 aromatic carbocycles. The summed E-state index contributed by atoms with van der Waals surface area (Å²) < 4.78 is 5.30. The molecule has 1 aliphatic heterocycles. The molecule has 0 aliphatic carbocycles. The van der Waals surface area contributed by atoms with E-state index in [1.165, 1.54) is 0 Å². The number of nitrogens with zero attached hydrogens (tertiary/aromatic N) is 1. The summed E-state index contributed by atoms with van der Waals surface area (Å²) in [6.07, 6.45) is 0. The first-order chi connectivity index (χ1) is 10.1. The smallest absolute Gasteiger partial charge is 0.185 e. The van der Waals surface area contributed by atoms with Crippen LogP contribution in [0.1, 0.15) is 0 Å². The number of anilines is 1. The topological polar surface area (TPSA) is 48.6 Å². The van der Waals surface area contributed by atoms with E-state index in [4.69, 9.17) is 40.2 Å². The Balaban J connectivity index is 1.63. The number of thiocarbonyl (C=S) groups is 1. The molecule has 21 heavy (non-hydrogen) atoms. The highest BCUT2D eigenvalue weighted by molar-refractivity contribution is 7.80. The maximum atomic E-state index is 5.93. The summed E-state index contributed by atoms with van der Waals surface area (Å²) in [6.45, 7) is 5.29. The molecule has 1 fully saturated rings. The van der Waals surface area contributed by atoms with Gasteiger partial charge in [-0.25, -0.2) is 0 Å². The van der Waals surface area contributed by atoms with Gasteiger partial charge in [0.25, 0.3) is 0 Å². The molecule has 0 bridgehead atoms. The van der Waals surface area contributed by atoms with Crippen molar-refractivity contribution in [1.82, 2.24) is 15.6 Å². The average molecular weight is 349 g/mol. The van der Waals surface area contributed by atoms with Crippen LogP contribution >= 0.6 is 35.4 Å². The minimum atomic E-state index is 0.495. The summed E-state index contributed by atoms with van der Waals surface area (Å²) in [5.41, 5.74) is 6.67. The van der Waals surface area contributed by atoms with Gasteiger partial charge >= 0.3 is 0 Å². The maximum absolute atomic E-state index is 5.93. The van der Waals surface area contributed by atoms with Crippen molar-refractivity contribution in [3.63, 3.8) is 0 Å². The molecule has 5 nitrogen and oxygen atoms in total. The van der Waals surface area contributed by atoms with E-state index < -0.39 is 0 Å². The first-order valence-corrected chi connectivity index (χ1v) is 7.86. The van der Waals surface area contributed by atoms with Gasteiger partial charge in [0.05, 0.1) is 28.9 Å². The van der Waals surface area contributed by atoms with Gasteiger partial charge in [-0.3, -0.25) is 15.8 Å². The van der Waals surface area contributed by atoms with Crippen LogP contribution < -0.4 is 16.2 Å². The molecule has 0 atom stereocenters. The predicted octanol–water partition coefficient (Wildman–Crippen LogP) is 2.12. The van der Waals surface area contributed by atoms with E-state index >= 15 is 0 Å². The third-order valence-electron chi connectivity index (χ3n) is 3.06. The monoisotopic (exact) mass is 348 g/mol. The summed E-state index contributed by atoms with van der Waals surface area (Å²) in [5, 5.41) is 4.70. The van der Waals surface area contributed by atoms with E-state index in [1.54, 1.807) is 12.1 Å². The lowest BCUT2D eigenvalue weighted by molar-refractivity contribution is 0.0389. The van der Waals surface area contributed by atoms with Gasteiger partial charge in [-0.15, -0.1) is 0 Å². The van der Waals surface area contributed by atoms with Gasteiger partial charge in [0.15, 0.2) is 5.11 Å². The van der Waals surface area contributed by atoms with Crippen LogP contribution in [0.5, 0.6) is 0 Å². The molecule has 1 aromatic rings. The van der Waals surface area contributed by atoms with Gasteiger partial charge in [-0.05, 0) is 30.4 Å². The van der Waals surface area contributed by atoms with Crippen molar-refractivity contribution in [2.45, 2.75) is 0 Å². The van der Waals surface area contributed by atoms with Gasteiger partial charge < -0.3 is 10.1 Å². The number of hydrogen-bond acceptors (Lipinski definition) is 4. The lowest BCUT2D eigenvalue weighted by Gasteiger charge is -2.26. The SMILES string of the molecule is S=C(NCCN1CCOCC1)NNc1ccc(Cl)c(Cl)c1. The third-order valence-corrected chi connectivity index (χ3v) is 4.04. The molecule has 0 saturated carbocycles. The number of rotatable bonds is 5. The second kappa shape index (κ2) is 8.60. The Hall–Kier alpha value is -0.790. The molecule has 2 rings (SSSR count). The second-order valence-electron chi connectivity index (χ2n) is 4.59. The average Bonchev–Trinajstić information content (AvgIpc) is 2.49. The minimum absolute atomic E-state index is 0.495. The highest BCUT2D eigenvalue weighted by Gasteiger charge is 2.09. The molecule has 116 valence electrons. The van der Waals surface area contributed by atoms with E-state index in [0.29, 0.717) is 15.2 Å². The van der Waals surface area contributed by atoms with Crippen LogP contribution in [0.15, 0.2) is 18.2 Å². The highest BCUT2D eigenvalue weighted by Crippen LogP contribution is 2.24. The van der Waals surface area contributed by atoms with Gasteiger partial charge in [0, 0.05) is 26.2 Å². The van der Waals surface area contributed by atoms with E-state index in [2.05, 4.69) is 21.1 Å². The van der Waals surface area contributed by atoms with E-state index in [0.717, 1.165) is 45.1 Å². The molecule has 0 amide bonds. The normalized spacial score (nSPS) is 15.5. The fourth-order valence-corrected chi connectivity index (χ4v) is 2.35. The van der Waals surface area contributed by atoms with Gasteiger partial charge in [-0.1, -0.05) is 23.2 Å². The van der Waals surface area contributed by atoms with Crippen LogP contribution in [0.4, 0.5) is 5.69 Å². The lowest BCUT2D eigenvalue weighted by Crippen LogP contribution is -2.44. The van der Waals surface area contributed by atoms with Crippen molar-refractivity contribution in [1.29, 1.82) is 0 Å². The molecule has 3 N–H and O–H groups in total. The Labute approximate surface area is 139 Å². The summed E-state index contributed by atoms with van der Waals surface area (Å²) in [5.74, 6) is 0. The van der Waals surface area contributed by atoms with Crippen molar-refractivity contribution in [3.8, 4) is 0 Å². The van der Waals surface area contributed by atoms with E-state index in [1.807, 2.05) is 6.07 Å². The van der Waals surface area contributed by atoms with Crippen LogP contribution in [0, 0.1) is 0 Å². The minimum Gasteiger partial charge on any atom is -0.379 e. The predicted molar refractivity (Wildman–Crippen MR) is 91.1 cm³/mol. The van der Waals surface area contributed by atoms with Gasteiger partial charge in [-0.2, -0.15) is 0 Å². The molecule has 1 saturated heterocycles. The zero-order chi connectivity index (χ0) is 15.1. The van der Waals surface area contributed by atoms with Crippen LogP contribution in [-0.2, 0) is 4.74 Å². The third kappa shape index (κ3) is 5.84. The first-order valence-electron chi connectivity index (χ1n) is 6.70. The summed E-state index contributed by atoms with van der Waals surface area (Å²) in [4.78, 5) is 2.34. The number of hydrazine groups is 1. The van der Waals surface area contributed by atoms with Crippen molar-refractivity contribution in [2.24, 2.45) is 0 Å². The summed E-state index contributed by atoms with van der Waals surface area (Å²) in [7, 11) is 0. The largest absolute Gasteiger partial charge is 0.379 e. The first kappa shape index (κ1) is 16.6. The standard InChI is InChI=1S/C13H18Cl2N4OS/c14-11-2-1-10(9-12(11)15)17-18-13(21)16-3-4-19-5-7-20-8-6-19/h1-2,9,17H,3-8H2,(H2,16,18,21). The molecule has 0 aromatic heterocycles. The summed E-state index contributed by atoms with van der Waals surface area (Å²) in [6, 6.07) is 5.27.